The number of anilines is 1. The van der Waals surface area contributed by atoms with Crippen molar-refractivity contribution in [2.75, 3.05) is 5.32 Å². The Morgan fingerprint density at radius 1 is 1.20 bits per heavy atom. The van der Waals surface area contributed by atoms with Crippen molar-refractivity contribution in [1.29, 1.82) is 5.26 Å². The van der Waals surface area contributed by atoms with Gasteiger partial charge in [0, 0.05) is 10.5 Å². The molecular weight excluding hydrogens is 268 g/mol. The van der Waals surface area contributed by atoms with Crippen LogP contribution in [0.4, 0.5) is 5.69 Å². The molecule has 0 bridgehead atoms. The van der Waals surface area contributed by atoms with Crippen LogP contribution in [0.3, 0.4) is 0 Å². The topological polar surface area (TPSA) is 52.9 Å². The van der Waals surface area contributed by atoms with Crippen LogP contribution in [0.15, 0.2) is 41.3 Å². The minimum atomic E-state index is -0.236. The normalized spacial score (nSPS) is 9.90. The van der Waals surface area contributed by atoms with Gasteiger partial charge in [-0.1, -0.05) is 18.2 Å². The second kappa shape index (κ2) is 5.81. The molecule has 1 amide bonds. The molecule has 1 N–H and O–H groups in total. The molecule has 4 heteroatoms. The minimum Gasteiger partial charge on any atom is -0.321 e. The van der Waals surface area contributed by atoms with Crippen LogP contribution >= 0.6 is 12.6 Å². The number of nitrogens with one attached hydrogen (secondary N) is 1. The summed E-state index contributed by atoms with van der Waals surface area (Å²) in [5.41, 5.74) is 3.28. The average molecular weight is 282 g/mol. The lowest BCUT2D eigenvalue weighted by molar-refractivity contribution is 0.102. The Morgan fingerprint density at radius 3 is 2.65 bits per heavy atom. The molecule has 2 aromatic rings. The van der Waals surface area contributed by atoms with E-state index in [0.29, 0.717) is 16.8 Å². The summed E-state index contributed by atoms with van der Waals surface area (Å²) in [5.74, 6) is -0.236. The lowest BCUT2D eigenvalue weighted by Gasteiger charge is -2.10. The number of benzene rings is 2. The molecule has 3 nitrogen and oxygen atoms in total. The Balaban J connectivity index is 2.36. The molecule has 2 aromatic carbocycles. The van der Waals surface area contributed by atoms with Gasteiger partial charge in [-0.05, 0) is 43.2 Å². The number of hydrogen-bond acceptors (Lipinski definition) is 3. The molecular formula is C16H14N2OS. The monoisotopic (exact) mass is 282 g/mol. The third kappa shape index (κ3) is 2.84. The zero-order chi connectivity index (χ0) is 14.7. The summed E-state index contributed by atoms with van der Waals surface area (Å²) < 4.78 is 0. The molecule has 0 aliphatic carbocycles. The largest absolute Gasteiger partial charge is 0.321 e. The van der Waals surface area contributed by atoms with Gasteiger partial charge in [-0.2, -0.15) is 5.26 Å². The van der Waals surface area contributed by atoms with Gasteiger partial charge in [0.2, 0.25) is 0 Å². The molecule has 2 rings (SSSR count). The summed E-state index contributed by atoms with van der Waals surface area (Å²) in [6, 6.07) is 12.9. The zero-order valence-corrected chi connectivity index (χ0v) is 12.2. The van der Waals surface area contributed by atoms with Gasteiger partial charge in [0.15, 0.2) is 0 Å². The highest BCUT2D eigenvalue weighted by molar-refractivity contribution is 7.80. The first kappa shape index (κ1) is 14.2. The lowest BCUT2D eigenvalue weighted by Crippen LogP contribution is -2.14. The SMILES string of the molecule is Cc1ccc(S)cc1C(=O)Nc1cccc(C)c1C#N. The van der Waals surface area contributed by atoms with Crippen molar-refractivity contribution >= 4 is 24.2 Å². The molecule has 0 aliphatic heterocycles. The molecule has 0 saturated heterocycles. The number of hydrogen-bond donors (Lipinski definition) is 2. The maximum atomic E-state index is 12.3. The highest BCUT2D eigenvalue weighted by Gasteiger charge is 2.12. The minimum absolute atomic E-state index is 0.236. The first-order valence-corrected chi connectivity index (χ1v) is 6.58. The third-order valence-electron chi connectivity index (χ3n) is 3.10. The van der Waals surface area contributed by atoms with Crippen LogP contribution in [0, 0.1) is 25.2 Å². The fourth-order valence-electron chi connectivity index (χ4n) is 1.96. The van der Waals surface area contributed by atoms with Crippen molar-refractivity contribution in [2.45, 2.75) is 18.7 Å². The Bertz CT molecular complexity index is 717. The van der Waals surface area contributed by atoms with Crippen molar-refractivity contribution in [3.05, 3.63) is 58.7 Å². The Morgan fingerprint density at radius 2 is 1.95 bits per heavy atom. The van der Waals surface area contributed by atoms with Gasteiger partial charge < -0.3 is 5.32 Å². The van der Waals surface area contributed by atoms with E-state index in [1.165, 1.54) is 0 Å². The predicted molar refractivity (Wildman–Crippen MR) is 82.3 cm³/mol. The molecule has 0 heterocycles. The average Bonchev–Trinajstić information content (AvgIpc) is 2.41. The van der Waals surface area contributed by atoms with E-state index in [9.17, 15) is 4.79 Å². The van der Waals surface area contributed by atoms with E-state index < -0.39 is 0 Å². The summed E-state index contributed by atoms with van der Waals surface area (Å²) in [6.07, 6.45) is 0. The molecule has 100 valence electrons. The Labute approximate surface area is 123 Å². The molecule has 20 heavy (non-hydrogen) atoms. The standard InChI is InChI=1S/C16H14N2OS/c1-10-4-3-5-15(14(10)9-17)18-16(19)13-8-12(20)7-6-11(13)2/h3-8,20H,1-2H3,(H,18,19). The fraction of sp³-hybridized carbons (Fsp3) is 0.125. The molecule has 0 spiro atoms. The van der Waals surface area contributed by atoms with Crippen molar-refractivity contribution in [1.82, 2.24) is 0 Å². The summed E-state index contributed by atoms with van der Waals surface area (Å²) >= 11 is 4.24. The van der Waals surface area contributed by atoms with E-state index in [1.807, 2.05) is 38.1 Å². The molecule has 0 fully saturated rings. The second-order valence-electron chi connectivity index (χ2n) is 4.56. The van der Waals surface area contributed by atoms with E-state index in [2.05, 4.69) is 24.0 Å². The van der Waals surface area contributed by atoms with Gasteiger partial charge in [-0.15, -0.1) is 12.6 Å². The quantitative estimate of drug-likeness (QED) is 0.825. The molecule has 0 saturated carbocycles. The number of amides is 1. The summed E-state index contributed by atoms with van der Waals surface area (Å²) in [7, 11) is 0. The van der Waals surface area contributed by atoms with Gasteiger partial charge in [0.25, 0.3) is 5.91 Å². The van der Waals surface area contributed by atoms with Crippen LogP contribution in [0.25, 0.3) is 0 Å². The van der Waals surface area contributed by atoms with Crippen LogP contribution in [-0.2, 0) is 0 Å². The van der Waals surface area contributed by atoms with Gasteiger partial charge >= 0.3 is 0 Å². The molecule has 0 radical (unpaired) electrons. The molecule has 0 aromatic heterocycles. The molecule has 0 atom stereocenters. The van der Waals surface area contributed by atoms with Crippen LogP contribution in [0.1, 0.15) is 27.0 Å². The number of carbonyl (C=O) groups is 1. The van der Waals surface area contributed by atoms with Crippen molar-refractivity contribution in [3.63, 3.8) is 0 Å². The van der Waals surface area contributed by atoms with Crippen molar-refractivity contribution in [3.8, 4) is 6.07 Å². The van der Waals surface area contributed by atoms with Crippen LogP contribution in [-0.4, -0.2) is 5.91 Å². The number of nitriles is 1. The smallest absolute Gasteiger partial charge is 0.256 e. The van der Waals surface area contributed by atoms with Crippen molar-refractivity contribution < 1.29 is 4.79 Å². The Hall–Kier alpha value is -2.25. The third-order valence-corrected chi connectivity index (χ3v) is 3.38. The molecule has 0 aliphatic rings. The van der Waals surface area contributed by atoms with Gasteiger partial charge in [-0.25, -0.2) is 0 Å². The van der Waals surface area contributed by atoms with E-state index in [4.69, 9.17) is 5.26 Å². The number of aryl methyl sites for hydroxylation is 2. The number of thiol groups is 1. The van der Waals surface area contributed by atoms with E-state index >= 15 is 0 Å². The lowest BCUT2D eigenvalue weighted by atomic mass is 10.1. The number of carbonyl (C=O) groups excluding carboxylic acids is 1. The highest BCUT2D eigenvalue weighted by atomic mass is 32.1. The summed E-state index contributed by atoms with van der Waals surface area (Å²) in [6.45, 7) is 3.71. The second-order valence-corrected chi connectivity index (χ2v) is 5.08. The number of nitrogens with zero attached hydrogens (tertiary/aromatic N) is 1. The van der Waals surface area contributed by atoms with Gasteiger partial charge in [-0.3, -0.25) is 4.79 Å². The number of rotatable bonds is 2. The van der Waals surface area contributed by atoms with Gasteiger partial charge in [0.05, 0.1) is 11.3 Å². The van der Waals surface area contributed by atoms with Crippen molar-refractivity contribution in [2.24, 2.45) is 0 Å². The fourth-order valence-corrected chi connectivity index (χ4v) is 2.17. The predicted octanol–water partition coefficient (Wildman–Crippen LogP) is 3.72. The van der Waals surface area contributed by atoms with Crippen LogP contribution in [0.5, 0.6) is 0 Å². The summed E-state index contributed by atoms with van der Waals surface area (Å²) in [5, 5.41) is 12.0. The van der Waals surface area contributed by atoms with E-state index in [0.717, 1.165) is 16.0 Å². The maximum absolute atomic E-state index is 12.3. The first-order chi connectivity index (χ1) is 9.52. The van der Waals surface area contributed by atoms with Crippen LogP contribution < -0.4 is 5.32 Å². The van der Waals surface area contributed by atoms with Crippen LogP contribution in [0.2, 0.25) is 0 Å². The van der Waals surface area contributed by atoms with Gasteiger partial charge in [0.1, 0.15) is 6.07 Å². The first-order valence-electron chi connectivity index (χ1n) is 6.13. The summed E-state index contributed by atoms with van der Waals surface area (Å²) in [4.78, 5) is 13.0. The van der Waals surface area contributed by atoms with E-state index in [1.54, 1.807) is 12.1 Å². The highest BCUT2D eigenvalue weighted by Crippen LogP contribution is 2.21. The Kier molecular flexibility index (Phi) is 4.11. The maximum Gasteiger partial charge on any atom is 0.256 e. The zero-order valence-electron chi connectivity index (χ0n) is 11.3. The van der Waals surface area contributed by atoms with E-state index in [-0.39, 0.29) is 5.91 Å². The molecule has 0 unspecified atom stereocenters.